The fourth-order valence-electron chi connectivity index (χ4n) is 2.34. The number of ether oxygens (including phenoxy) is 2. The van der Waals surface area contributed by atoms with E-state index in [9.17, 15) is 4.79 Å². The van der Waals surface area contributed by atoms with Crippen LogP contribution >= 0.6 is 11.6 Å². The van der Waals surface area contributed by atoms with E-state index in [0.29, 0.717) is 28.5 Å². The van der Waals surface area contributed by atoms with Crippen LogP contribution in [0.25, 0.3) is 0 Å². The first kappa shape index (κ1) is 17.6. The van der Waals surface area contributed by atoms with Gasteiger partial charge in [-0.2, -0.15) is 0 Å². The Morgan fingerprint density at radius 1 is 1.33 bits per heavy atom. The molecule has 0 aliphatic carbocycles. The van der Waals surface area contributed by atoms with Gasteiger partial charge in [0.25, 0.3) is 0 Å². The molecule has 1 rings (SSSR count). The molecule has 21 heavy (non-hydrogen) atoms. The maximum atomic E-state index is 10.9. The zero-order valence-corrected chi connectivity index (χ0v) is 13.5. The third-order valence-electron chi connectivity index (χ3n) is 3.30. The quantitative estimate of drug-likeness (QED) is 0.807. The Hall–Kier alpha value is -1.46. The molecular weight excluding hydrogens is 294 g/mol. The van der Waals surface area contributed by atoms with Gasteiger partial charge < -0.3 is 20.3 Å². The summed E-state index contributed by atoms with van der Waals surface area (Å²) in [6.45, 7) is 3.74. The summed E-state index contributed by atoms with van der Waals surface area (Å²) in [6.07, 6.45) is 0.542. The molecule has 6 heteroatoms. The third-order valence-corrected chi connectivity index (χ3v) is 3.63. The number of hydrogen-bond donors (Lipinski definition) is 2. The smallest absolute Gasteiger partial charge is 0.303 e. The van der Waals surface area contributed by atoms with Crippen LogP contribution in [0.5, 0.6) is 11.5 Å². The molecule has 0 spiro atoms. The molecule has 1 unspecified atom stereocenters. The number of aliphatic carboxylic acids is 1. The minimum atomic E-state index is -0.842. The molecule has 0 fully saturated rings. The molecule has 0 aromatic heterocycles. The van der Waals surface area contributed by atoms with Gasteiger partial charge in [-0.15, -0.1) is 0 Å². The topological polar surface area (TPSA) is 81.8 Å². The molecule has 0 saturated heterocycles. The fourth-order valence-corrected chi connectivity index (χ4v) is 2.63. The number of carboxylic acids is 1. The lowest BCUT2D eigenvalue weighted by molar-refractivity contribution is -0.139. The number of methoxy groups -OCH3 is 2. The standard InChI is InChI=1S/C15H22ClNO4/c1-15(2,8-14(18)19)7-11(17)9-5-12(20-3)13(21-4)6-10(9)16/h5-6,11H,7-8,17H2,1-4H3,(H,18,19). The Morgan fingerprint density at radius 3 is 2.33 bits per heavy atom. The Balaban J connectivity index is 3.02. The Labute approximate surface area is 130 Å². The average Bonchev–Trinajstić information content (AvgIpc) is 2.35. The molecule has 3 N–H and O–H groups in total. The van der Waals surface area contributed by atoms with Crippen molar-refractivity contribution in [1.82, 2.24) is 0 Å². The lowest BCUT2D eigenvalue weighted by Crippen LogP contribution is -2.24. The van der Waals surface area contributed by atoms with Gasteiger partial charge in [0, 0.05) is 17.1 Å². The summed E-state index contributed by atoms with van der Waals surface area (Å²) in [7, 11) is 3.07. The van der Waals surface area contributed by atoms with E-state index >= 15 is 0 Å². The number of nitrogens with two attached hydrogens (primary N) is 1. The average molecular weight is 316 g/mol. The van der Waals surface area contributed by atoms with E-state index < -0.39 is 11.4 Å². The number of halogens is 1. The molecular formula is C15H22ClNO4. The van der Waals surface area contributed by atoms with Gasteiger partial charge in [0.05, 0.1) is 20.6 Å². The van der Waals surface area contributed by atoms with Gasteiger partial charge in [-0.1, -0.05) is 25.4 Å². The van der Waals surface area contributed by atoms with Crippen LogP contribution in [-0.4, -0.2) is 25.3 Å². The largest absolute Gasteiger partial charge is 0.493 e. The molecule has 5 nitrogen and oxygen atoms in total. The summed E-state index contributed by atoms with van der Waals surface area (Å²) in [5, 5.41) is 9.41. The molecule has 1 aromatic rings. The van der Waals surface area contributed by atoms with Gasteiger partial charge in [0.2, 0.25) is 0 Å². The molecule has 0 heterocycles. The maximum Gasteiger partial charge on any atom is 0.303 e. The molecule has 0 aliphatic rings. The van der Waals surface area contributed by atoms with Gasteiger partial charge >= 0.3 is 5.97 Å². The number of hydrogen-bond acceptors (Lipinski definition) is 4. The zero-order valence-electron chi connectivity index (χ0n) is 12.8. The van der Waals surface area contributed by atoms with Crippen LogP contribution in [0.1, 0.15) is 38.3 Å². The second-order valence-corrected chi connectivity index (χ2v) is 6.18. The molecule has 0 aliphatic heterocycles. The van der Waals surface area contributed by atoms with E-state index in [1.807, 2.05) is 13.8 Å². The van der Waals surface area contributed by atoms with Gasteiger partial charge in [-0.25, -0.2) is 0 Å². The van der Waals surface area contributed by atoms with E-state index in [2.05, 4.69) is 0 Å². The van der Waals surface area contributed by atoms with Crippen LogP contribution in [0.15, 0.2) is 12.1 Å². The normalized spacial score (nSPS) is 12.9. The van der Waals surface area contributed by atoms with Crippen LogP contribution in [0, 0.1) is 5.41 Å². The number of carbonyl (C=O) groups is 1. The van der Waals surface area contributed by atoms with E-state index in [1.54, 1.807) is 12.1 Å². The Morgan fingerprint density at radius 2 is 1.86 bits per heavy atom. The van der Waals surface area contributed by atoms with Gasteiger partial charge in [-0.05, 0) is 23.5 Å². The summed E-state index contributed by atoms with van der Waals surface area (Å²) in [5.41, 5.74) is 6.49. The van der Waals surface area contributed by atoms with Gasteiger partial charge in [-0.3, -0.25) is 4.79 Å². The summed E-state index contributed by atoms with van der Waals surface area (Å²) in [6, 6.07) is 3.01. The highest BCUT2D eigenvalue weighted by Crippen LogP contribution is 2.39. The number of rotatable bonds is 7. The van der Waals surface area contributed by atoms with E-state index in [4.69, 9.17) is 31.9 Å². The van der Waals surface area contributed by atoms with Crippen LogP contribution in [0.3, 0.4) is 0 Å². The van der Waals surface area contributed by atoms with Gasteiger partial charge in [0.1, 0.15) is 0 Å². The van der Waals surface area contributed by atoms with Crippen molar-refractivity contribution in [2.75, 3.05) is 14.2 Å². The van der Waals surface area contributed by atoms with Crippen LogP contribution in [0.2, 0.25) is 5.02 Å². The molecule has 1 atom stereocenters. The van der Waals surface area contributed by atoms with Gasteiger partial charge in [0.15, 0.2) is 11.5 Å². The van der Waals surface area contributed by atoms with E-state index in [0.717, 1.165) is 0 Å². The second kappa shape index (κ2) is 7.00. The van der Waals surface area contributed by atoms with Crippen molar-refractivity contribution >= 4 is 17.6 Å². The van der Waals surface area contributed by atoms with Crippen molar-refractivity contribution in [3.63, 3.8) is 0 Å². The molecule has 0 amide bonds. The molecule has 118 valence electrons. The van der Waals surface area contributed by atoms with Crippen molar-refractivity contribution in [2.45, 2.75) is 32.7 Å². The summed E-state index contributed by atoms with van der Waals surface area (Å²) in [4.78, 5) is 10.9. The first-order valence-electron chi connectivity index (χ1n) is 6.59. The summed E-state index contributed by atoms with van der Waals surface area (Å²) in [5.74, 6) is 0.234. The predicted molar refractivity (Wildman–Crippen MR) is 82.1 cm³/mol. The van der Waals surface area contributed by atoms with Crippen molar-refractivity contribution in [3.05, 3.63) is 22.7 Å². The third kappa shape index (κ3) is 4.79. The lowest BCUT2D eigenvalue weighted by atomic mass is 9.81. The zero-order chi connectivity index (χ0) is 16.2. The second-order valence-electron chi connectivity index (χ2n) is 5.77. The van der Waals surface area contributed by atoms with Crippen molar-refractivity contribution < 1.29 is 19.4 Å². The SMILES string of the molecule is COc1cc(Cl)c(C(N)CC(C)(C)CC(=O)O)cc1OC. The van der Waals surface area contributed by atoms with Crippen molar-refractivity contribution in [3.8, 4) is 11.5 Å². The van der Waals surface area contributed by atoms with E-state index in [1.165, 1.54) is 14.2 Å². The first-order chi connectivity index (χ1) is 9.70. The molecule has 0 radical (unpaired) electrons. The molecule has 0 bridgehead atoms. The summed E-state index contributed by atoms with van der Waals surface area (Å²) < 4.78 is 10.4. The first-order valence-corrected chi connectivity index (χ1v) is 6.97. The van der Waals surface area contributed by atoms with Crippen LogP contribution in [-0.2, 0) is 4.79 Å². The summed E-state index contributed by atoms with van der Waals surface area (Å²) >= 11 is 6.23. The number of carboxylic acid groups (broad SMARTS) is 1. The van der Waals surface area contributed by atoms with Crippen molar-refractivity contribution in [1.29, 1.82) is 0 Å². The van der Waals surface area contributed by atoms with E-state index in [-0.39, 0.29) is 12.5 Å². The molecule has 0 saturated carbocycles. The fraction of sp³-hybridized carbons (Fsp3) is 0.533. The van der Waals surface area contributed by atoms with Crippen LogP contribution in [0.4, 0.5) is 0 Å². The predicted octanol–water partition coefficient (Wildman–Crippen LogP) is 3.25. The molecule has 1 aromatic carbocycles. The monoisotopic (exact) mass is 315 g/mol. The minimum Gasteiger partial charge on any atom is -0.493 e. The number of benzene rings is 1. The maximum absolute atomic E-state index is 10.9. The highest BCUT2D eigenvalue weighted by atomic mass is 35.5. The highest BCUT2D eigenvalue weighted by molar-refractivity contribution is 6.31. The highest BCUT2D eigenvalue weighted by Gasteiger charge is 2.27. The Bertz CT molecular complexity index is 517. The Kier molecular flexibility index (Phi) is 5.87. The van der Waals surface area contributed by atoms with Crippen molar-refractivity contribution in [2.24, 2.45) is 11.1 Å². The lowest BCUT2D eigenvalue weighted by Gasteiger charge is -2.27. The van der Waals surface area contributed by atoms with Crippen LogP contribution < -0.4 is 15.2 Å². The minimum absolute atomic E-state index is 0.0472.